The number of rotatable bonds is 5. The predicted octanol–water partition coefficient (Wildman–Crippen LogP) is 2.35. The zero-order valence-electron chi connectivity index (χ0n) is 13.7. The molecule has 24 heavy (non-hydrogen) atoms. The zero-order valence-corrected chi connectivity index (χ0v) is 14.5. The highest BCUT2D eigenvalue weighted by molar-refractivity contribution is 7.89. The summed E-state index contributed by atoms with van der Waals surface area (Å²) in [6.07, 6.45) is 2.61. The topological polar surface area (TPSA) is 80.0 Å². The summed E-state index contributed by atoms with van der Waals surface area (Å²) in [7, 11) is -2.20. The number of hydrogen-bond donors (Lipinski definition) is 1. The van der Waals surface area contributed by atoms with Gasteiger partial charge in [-0.25, -0.2) is 8.42 Å². The van der Waals surface area contributed by atoms with Crippen LogP contribution in [0.1, 0.15) is 25.3 Å². The van der Waals surface area contributed by atoms with Gasteiger partial charge in [-0.1, -0.05) is 12.1 Å². The van der Waals surface area contributed by atoms with Crippen molar-refractivity contribution in [2.24, 2.45) is 0 Å². The highest BCUT2D eigenvalue weighted by atomic mass is 32.2. The Balaban J connectivity index is 1.94. The van der Waals surface area contributed by atoms with Gasteiger partial charge in [-0.2, -0.15) is 4.31 Å². The molecular formula is C17H21NO5S. The highest BCUT2D eigenvalue weighted by Gasteiger charge is 2.46. The third-order valence-electron chi connectivity index (χ3n) is 4.59. The van der Waals surface area contributed by atoms with Crippen LogP contribution >= 0.6 is 0 Å². The molecule has 1 aromatic heterocycles. The largest absolute Gasteiger partial charge is 0.497 e. The van der Waals surface area contributed by atoms with Crippen molar-refractivity contribution in [2.75, 3.05) is 13.7 Å². The SMILES string of the molecule is COc1ccc([C@@](C)(O)[C@@H]2CCCN2S(=O)(=O)c2ccco2)cc1. The molecule has 0 saturated carbocycles. The molecule has 2 heterocycles. The van der Waals surface area contributed by atoms with E-state index in [-0.39, 0.29) is 5.09 Å². The van der Waals surface area contributed by atoms with Crippen molar-refractivity contribution >= 4 is 10.0 Å². The van der Waals surface area contributed by atoms with Gasteiger partial charge in [0.1, 0.15) is 11.4 Å². The third kappa shape index (κ3) is 2.83. The molecule has 2 aromatic rings. The Morgan fingerprint density at radius 2 is 2.00 bits per heavy atom. The maximum absolute atomic E-state index is 12.8. The minimum absolute atomic E-state index is 0.0973. The summed E-state index contributed by atoms with van der Waals surface area (Å²) in [6, 6.07) is 9.44. The Labute approximate surface area is 141 Å². The first kappa shape index (κ1) is 17.0. The number of methoxy groups -OCH3 is 1. The number of nitrogens with zero attached hydrogens (tertiary/aromatic N) is 1. The van der Waals surface area contributed by atoms with Crippen molar-refractivity contribution in [3.63, 3.8) is 0 Å². The first-order valence-corrected chi connectivity index (χ1v) is 9.23. The molecule has 6 nitrogen and oxygen atoms in total. The van der Waals surface area contributed by atoms with Crippen LogP contribution < -0.4 is 4.74 Å². The van der Waals surface area contributed by atoms with Crippen LogP contribution in [0.25, 0.3) is 0 Å². The summed E-state index contributed by atoms with van der Waals surface area (Å²) >= 11 is 0. The average molecular weight is 351 g/mol. The quantitative estimate of drug-likeness (QED) is 0.894. The summed E-state index contributed by atoms with van der Waals surface area (Å²) in [6.45, 7) is 2.01. The van der Waals surface area contributed by atoms with Crippen LogP contribution in [0.15, 0.2) is 52.2 Å². The first-order chi connectivity index (χ1) is 11.4. The zero-order chi connectivity index (χ0) is 17.4. The number of aliphatic hydroxyl groups is 1. The van der Waals surface area contributed by atoms with E-state index >= 15 is 0 Å². The van der Waals surface area contributed by atoms with Crippen molar-refractivity contribution in [1.82, 2.24) is 4.31 Å². The normalized spacial score (nSPS) is 21.5. The lowest BCUT2D eigenvalue weighted by Gasteiger charge is -2.35. The first-order valence-electron chi connectivity index (χ1n) is 7.79. The molecule has 1 aliphatic rings. The van der Waals surface area contributed by atoms with E-state index in [0.29, 0.717) is 30.7 Å². The van der Waals surface area contributed by atoms with Gasteiger partial charge in [-0.3, -0.25) is 0 Å². The van der Waals surface area contributed by atoms with Gasteiger partial charge in [0.25, 0.3) is 10.0 Å². The van der Waals surface area contributed by atoms with Crippen LogP contribution in [0.5, 0.6) is 5.75 Å². The fraction of sp³-hybridized carbons (Fsp3) is 0.412. The van der Waals surface area contributed by atoms with E-state index in [0.717, 1.165) is 0 Å². The average Bonchev–Trinajstić information content (AvgIpc) is 3.26. The predicted molar refractivity (Wildman–Crippen MR) is 88.2 cm³/mol. The van der Waals surface area contributed by atoms with Crippen molar-refractivity contribution in [1.29, 1.82) is 0 Å². The van der Waals surface area contributed by atoms with Gasteiger partial charge in [0, 0.05) is 6.54 Å². The Hall–Kier alpha value is -1.83. The van der Waals surface area contributed by atoms with Crippen LogP contribution in [0.2, 0.25) is 0 Å². The van der Waals surface area contributed by atoms with E-state index in [9.17, 15) is 13.5 Å². The molecular weight excluding hydrogens is 330 g/mol. The number of benzene rings is 1. The number of ether oxygens (including phenoxy) is 1. The summed E-state index contributed by atoms with van der Waals surface area (Å²) < 4.78 is 37.1. The van der Waals surface area contributed by atoms with Gasteiger partial charge >= 0.3 is 0 Å². The minimum atomic E-state index is -3.77. The van der Waals surface area contributed by atoms with E-state index in [1.54, 1.807) is 44.4 Å². The third-order valence-corrected chi connectivity index (χ3v) is 6.38. The molecule has 3 rings (SSSR count). The Kier molecular flexibility index (Phi) is 4.42. The number of sulfonamides is 1. The van der Waals surface area contributed by atoms with Crippen molar-refractivity contribution < 1.29 is 22.7 Å². The van der Waals surface area contributed by atoms with Gasteiger partial charge in [-0.05, 0) is 49.6 Å². The molecule has 0 amide bonds. The number of furan rings is 1. The summed E-state index contributed by atoms with van der Waals surface area (Å²) in [5.74, 6) is 0.682. The molecule has 0 bridgehead atoms. The fourth-order valence-corrected chi connectivity index (χ4v) is 4.91. The molecule has 1 fully saturated rings. The summed E-state index contributed by atoms with van der Waals surface area (Å²) in [4.78, 5) is 0. The van der Waals surface area contributed by atoms with Crippen molar-refractivity contribution in [2.45, 2.75) is 36.5 Å². The maximum Gasteiger partial charge on any atom is 0.276 e. The standard InChI is InChI=1S/C17H21NO5S/c1-17(19,13-7-9-14(22-2)10-8-13)15-5-3-11-18(15)24(20,21)16-6-4-12-23-16/h4,6-10,12,15,19H,3,5,11H2,1-2H3/t15-,17+/m0/s1. The van der Waals surface area contributed by atoms with Gasteiger partial charge in [0.05, 0.1) is 19.4 Å². The Morgan fingerprint density at radius 3 is 2.58 bits per heavy atom. The lowest BCUT2D eigenvalue weighted by Crippen LogP contribution is -2.48. The molecule has 0 radical (unpaired) electrons. The lowest BCUT2D eigenvalue weighted by atomic mass is 9.87. The second kappa shape index (κ2) is 6.23. The van der Waals surface area contributed by atoms with Crippen LogP contribution in [-0.4, -0.2) is 37.5 Å². The van der Waals surface area contributed by atoms with E-state index in [1.165, 1.54) is 16.6 Å². The summed E-state index contributed by atoms with van der Waals surface area (Å²) in [5, 5.41) is 11.0. The minimum Gasteiger partial charge on any atom is -0.497 e. The molecule has 1 N–H and O–H groups in total. The maximum atomic E-state index is 12.8. The van der Waals surface area contributed by atoms with Crippen LogP contribution in [0.3, 0.4) is 0 Å². The molecule has 130 valence electrons. The van der Waals surface area contributed by atoms with Crippen LogP contribution in [-0.2, 0) is 15.6 Å². The molecule has 7 heteroatoms. The molecule has 0 aliphatic carbocycles. The van der Waals surface area contributed by atoms with E-state index in [1.807, 2.05) is 0 Å². The number of hydrogen-bond acceptors (Lipinski definition) is 5. The van der Waals surface area contributed by atoms with E-state index < -0.39 is 21.7 Å². The molecule has 0 spiro atoms. The fourth-order valence-electron chi connectivity index (χ4n) is 3.24. The van der Waals surface area contributed by atoms with Crippen molar-refractivity contribution in [3.05, 3.63) is 48.2 Å². The van der Waals surface area contributed by atoms with E-state index in [2.05, 4.69) is 0 Å². The van der Waals surface area contributed by atoms with Gasteiger partial charge in [-0.15, -0.1) is 0 Å². The van der Waals surface area contributed by atoms with Gasteiger partial charge < -0.3 is 14.3 Å². The Bertz CT molecular complexity index is 781. The summed E-state index contributed by atoms with van der Waals surface area (Å²) in [5.41, 5.74) is -0.669. The van der Waals surface area contributed by atoms with E-state index in [4.69, 9.17) is 9.15 Å². The van der Waals surface area contributed by atoms with Crippen LogP contribution in [0.4, 0.5) is 0 Å². The Morgan fingerprint density at radius 1 is 1.29 bits per heavy atom. The molecule has 1 aliphatic heterocycles. The second-order valence-electron chi connectivity index (χ2n) is 6.08. The lowest BCUT2D eigenvalue weighted by molar-refractivity contribution is -0.000976. The van der Waals surface area contributed by atoms with Gasteiger partial charge in [0.15, 0.2) is 0 Å². The monoisotopic (exact) mass is 351 g/mol. The van der Waals surface area contributed by atoms with Crippen LogP contribution in [0, 0.1) is 0 Å². The molecule has 1 aromatic carbocycles. The molecule has 0 unspecified atom stereocenters. The smallest absolute Gasteiger partial charge is 0.276 e. The van der Waals surface area contributed by atoms with Gasteiger partial charge in [0.2, 0.25) is 5.09 Å². The molecule has 2 atom stereocenters. The second-order valence-corrected chi connectivity index (χ2v) is 7.90. The van der Waals surface area contributed by atoms with Crippen molar-refractivity contribution in [3.8, 4) is 5.75 Å². The molecule has 1 saturated heterocycles. The highest BCUT2D eigenvalue weighted by Crippen LogP contribution is 2.38.